The highest BCUT2D eigenvalue weighted by molar-refractivity contribution is 6.31. The lowest BCUT2D eigenvalue weighted by atomic mass is 10.2. The third-order valence-electron chi connectivity index (χ3n) is 2.61. The molecule has 1 aromatic rings. The summed E-state index contributed by atoms with van der Waals surface area (Å²) < 4.78 is 5.52. The Kier molecular flexibility index (Phi) is 6.92. The van der Waals surface area contributed by atoms with E-state index < -0.39 is 6.10 Å². The number of hydrogen-bond donors (Lipinski definition) is 2. The molecule has 0 aromatic heterocycles. The first kappa shape index (κ1) is 16.0. The SMILES string of the molecule is CC(C)=CCNCC(O)COc1ccc(Cl)c(C)c1. The highest BCUT2D eigenvalue weighted by atomic mass is 35.5. The minimum atomic E-state index is -0.526. The monoisotopic (exact) mass is 283 g/mol. The van der Waals surface area contributed by atoms with Crippen LogP contribution < -0.4 is 10.1 Å². The van der Waals surface area contributed by atoms with Crippen LogP contribution in [0.3, 0.4) is 0 Å². The molecule has 4 heteroatoms. The zero-order chi connectivity index (χ0) is 14.3. The van der Waals surface area contributed by atoms with Gasteiger partial charge in [0.1, 0.15) is 18.5 Å². The number of benzene rings is 1. The van der Waals surface area contributed by atoms with Crippen LogP contribution in [0.2, 0.25) is 5.02 Å². The summed E-state index contributed by atoms with van der Waals surface area (Å²) in [6.07, 6.45) is 1.55. The molecule has 0 heterocycles. The molecule has 0 saturated carbocycles. The van der Waals surface area contributed by atoms with Crippen LogP contribution >= 0.6 is 11.6 Å². The van der Waals surface area contributed by atoms with Gasteiger partial charge in [-0.05, 0) is 44.5 Å². The minimum Gasteiger partial charge on any atom is -0.491 e. The number of rotatable bonds is 7. The second kappa shape index (κ2) is 8.20. The Bertz CT molecular complexity index is 428. The standard InChI is InChI=1S/C15H22ClNO2/c1-11(2)6-7-17-9-13(18)10-19-14-4-5-15(16)12(3)8-14/h4-6,8,13,17-18H,7,9-10H2,1-3H3. The van der Waals surface area contributed by atoms with E-state index in [1.807, 2.05) is 26.8 Å². The average molecular weight is 284 g/mol. The van der Waals surface area contributed by atoms with Gasteiger partial charge in [0, 0.05) is 18.1 Å². The molecule has 106 valence electrons. The molecule has 0 bridgehead atoms. The number of allylic oxidation sites excluding steroid dienone is 1. The predicted octanol–water partition coefficient (Wildman–Crippen LogP) is 2.94. The first-order valence-corrected chi connectivity index (χ1v) is 6.78. The van der Waals surface area contributed by atoms with E-state index >= 15 is 0 Å². The van der Waals surface area contributed by atoms with E-state index in [2.05, 4.69) is 11.4 Å². The van der Waals surface area contributed by atoms with E-state index in [-0.39, 0.29) is 6.61 Å². The molecule has 19 heavy (non-hydrogen) atoms. The molecule has 0 saturated heterocycles. The predicted molar refractivity (Wildman–Crippen MR) is 80.0 cm³/mol. The number of aryl methyl sites for hydroxylation is 1. The van der Waals surface area contributed by atoms with E-state index in [4.69, 9.17) is 16.3 Å². The Hall–Kier alpha value is -1.03. The van der Waals surface area contributed by atoms with E-state index in [0.29, 0.717) is 6.54 Å². The molecular weight excluding hydrogens is 262 g/mol. The van der Waals surface area contributed by atoms with Crippen LogP contribution in [-0.2, 0) is 0 Å². The third-order valence-corrected chi connectivity index (χ3v) is 3.03. The maximum atomic E-state index is 9.77. The van der Waals surface area contributed by atoms with Crippen LogP contribution in [-0.4, -0.2) is 30.9 Å². The quantitative estimate of drug-likeness (QED) is 0.597. The lowest BCUT2D eigenvalue weighted by Crippen LogP contribution is -2.31. The second-order valence-corrected chi connectivity index (χ2v) is 5.22. The average Bonchev–Trinajstić information content (AvgIpc) is 2.36. The summed E-state index contributed by atoms with van der Waals surface area (Å²) >= 11 is 5.93. The molecule has 0 aliphatic rings. The van der Waals surface area contributed by atoms with Gasteiger partial charge in [-0.3, -0.25) is 0 Å². The topological polar surface area (TPSA) is 41.5 Å². The summed E-state index contributed by atoms with van der Waals surface area (Å²) in [6, 6.07) is 5.47. The van der Waals surface area contributed by atoms with Crippen molar-refractivity contribution in [1.29, 1.82) is 0 Å². The van der Waals surface area contributed by atoms with Gasteiger partial charge in [-0.15, -0.1) is 0 Å². The third kappa shape index (κ3) is 6.62. The Balaban J connectivity index is 2.27. The molecule has 0 radical (unpaired) electrons. The van der Waals surface area contributed by atoms with Crippen molar-refractivity contribution in [3.8, 4) is 5.75 Å². The molecule has 3 nitrogen and oxygen atoms in total. The molecule has 1 atom stereocenters. The molecule has 1 unspecified atom stereocenters. The fraction of sp³-hybridized carbons (Fsp3) is 0.467. The molecule has 0 aliphatic heterocycles. The van der Waals surface area contributed by atoms with Crippen LogP contribution in [0.5, 0.6) is 5.75 Å². The highest BCUT2D eigenvalue weighted by Gasteiger charge is 2.05. The van der Waals surface area contributed by atoms with Gasteiger partial charge in [0.2, 0.25) is 0 Å². The summed E-state index contributed by atoms with van der Waals surface area (Å²) in [5.41, 5.74) is 2.23. The summed E-state index contributed by atoms with van der Waals surface area (Å²) in [5, 5.41) is 13.6. The lowest BCUT2D eigenvalue weighted by Gasteiger charge is -2.13. The largest absolute Gasteiger partial charge is 0.491 e. The van der Waals surface area contributed by atoms with Crippen LogP contribution in [0.15, 0.2) is 29.8 Å². The van der Waals surface area contributed by atoms with Gasteiger partial charge in [0.05, 0.1) is 0 Å². The number of aliphatic hydroxyl groups excluding tert-OH is 1. The molecule has 1 aromatic carbocycles. The van der Waals surface area contributed by atoms with Crippen molar-refractivity contribution in [2.24, 2.45) is 0 Å². The highest BCUT2D eigenvalue weighted by Crippen LogP contribution is 2.20. The molecular formula is C15H22ClNO2. The van der Waals surface area contributed by atoms with Crippen molar-refractivity contribution >= 4 is 11.6 Å². The van der Waals surface area contributed by atoms with Crippen LogP contribution in [0.25, 0.3) is 0 Å². The smallest absolute Gasteiger partial charge is 0.119 e. The molecule has 0 amide bonds. The van der Waals surface area contributed by atoms with Crippen molar-refractivity contribution in [3.63, 3.8) is 0 Å². The Labute approximate surface area is 120 Å². The van der Waals surface area contributed by atoms with Gasteiger partial charge in [-0.1, -0.05) is 23.3 Å². The molecule has 0 spiro atoms. The molecule has 2 N–H and O–H groups in total. The number of aliphatic hydroxyl groups is 1. The van der Waals surface area contributed by atoms with Crippen molar-refractivity contribution < 1.29 is 9.84 Å². The second-order valence-electron chi connectivity index (χ2n) is 4.82. The van der Waals surface area contributed by atoms with E-state index in [1.165, 1.54) is 5.57 Å². The van der Waals surface area contributed by atoms with Gasteiger partial charge in [-0.25, -0.2) is 0 Å². The number of nitrogens with one attached hydrogen (secondary N) is 1. The van der Waals surface area contributed by atoms with E-state index in [1.54, 1.807) is 12.1 Å². The van der Waals surface area contributed by atoms with Gasteiger partial charge in [0.15, 0.2) is 0 Å². The van der Waals surface area contributed by atoms with Gasteiger partial charge in [0.25, 0.3) is 0 Å². The summed E-state index contributed by atoms with van der Waals surface area (Å²) in [6.45, 7) is 7.56. The minimum absolute atomic E-state index is 0.267. The van der Waals surface area contributed by atoms with Gasteiger partial charge in [-0.2, -0.15) is 0 Å². The van der Waals surface area contributed by atoms with Crippen LogP contribution in [0, 0.1) is 6.92 Å². The molecule has 0 fully saturated rings. The number of hydrogen-bond acceptors (Lipinski definition) is 3. The van der Waals surface area contributed by atoms with Crippen molar-refractivity contribution in [2.45, 2.75) is 26.9 Å². The number of ether oxygens (including phenoxy) is 1. The van der Waals surface area contributed by atoms with Crippen molar-refractivity contribution in [3.05, 3.63) is 40.4 Å². The maximum Gasteiger partial charge on any atom is 0.119 e. The first-order valence-electron chi connectivity index (χ1n) is 6.40. The van der Waals surface area contributed by atoms with E-state index in [9.17, 15) is 5.11 Å². The molecule has 1 rings (SSSR count). The molecule has 0 aliphatic carbocycles. The van der Waals surface area contributed by atoms with E-state index in [0.717, 1.165) is 22.9 Å². The van der Waals surface area contributed by atoms with Gasteiger partial charge < -0.3 is 15.2 Å². The van der Waals surface area contributed by atoms with Crippen LogP contribution in [0.1, 0.15) is 19.4 Å². The normalized spacial score (nSPS) is 12.1. The van der Waals surface area contributed by atoms with Crippen molar-refractivity contribution in [2.75, 3.05) is 19.7 Å². The first-order chi connectivity index (χ1) is 8.99. The van der Waals surface area contributed by atoms with Crippen molar-refractivity contribution in [1.82, 2.24) is 5.32 Å². The zero-order valence-corrected chi connectivity index (χ0v) is 12.5. The van der Waals surface area contributed by atoms with Crippen LogP contribution in [0.4, 0.5) is 0 Å². The fourth-order valence-corrected chi connectivity index (χ4v) is 1.60. The summed E-state index contributed by atoms with van der Waals surface area (Å²) in [5.74, 6) is 0.727. The Morgan fingerprint density at radius 3 is 2.84 bits per heavy atom. The Morgan fingerprint density at radius 2 is 2.21 bits per heavy atom. The summed E-state index contributed by atoms with van der Waals surface area (Å²) in [7, 11) is 0. The Morgan fingerprint density at radius 1 is 1.47 bits per heavy atom. The maximum absolute atomic E-state index is 9.77. The fourth-order valence-electron chi connectivity index (χ4n) is 1.48. The van der Waals surface area contributed by atoms with Gasteiger partial charge >= 0.3 is 0 Å². The summed E-state index contributed by atoms with van der Waals surface area (Å²) in [4.78, 5) is 0. The zero-order valence-electron chi connectivity index (χ0n) is 11.7. The number of halogens is 1. The lowest BCUT2D eigenvalue weighted by molar-refractivity contribution is 0.107.